The van der Waals surface area contributed by atoms with Crippen LogP contribution in [0.2, 0.25) is 0 Å². The van der Waals surface area contributed by atoms with Gasteiger partial charge in [-0.05, 0) is 31.0 Å². The van der Waals surface area contributed by atoms with E-state index in [2.05, 4.69) is 40.0 Å². The first kappa shape index (κ1) is 18.8. The van der Waals surface area contributed by atoms with E-state index in [0.717, 1.165) is 62.4 Å². The number of allylic oxidation sites excluding steroid dienone is 1. The van der Waals surface area contributed by atoms with Gasteiger partial charge in [-0.1, -0.05) is 25.5 Å². The van der Waals surface area contributed by atoms with E-state index in [1.54, 1.807) is 0 Å². The summed E-state index contributed by atoms with van der Waals surface area (Å²) in [5, 5.41) is 11.3. The van der Waals surface area contributed by atoms with Crippen LogP contribution in [0.25, 0.3) is 0 Å². The molecule has 1 heterocycles. The average Bonchev–Trinajstić information content (AvgIpc) is 3.07. The predicted molar refractivity (Wildman–Crippen MR) is 102 cm³/mol. The highest BCUT2D eigenvalue weighted by Gasteiger charge is 2.07. The maximum atomic E-state index is 9.04. The fourth-order valence-electron chi connectivity index (χ4n) is 2.64. The second-order valence-electron chi connectivity index (χ2n) is 6.10. The van der Waals surface area contributed by atoms with Gasteiger partial charge >= 0.3 is 0 Å². The molecule has 0 radical (unpaired) electrons. The number of anilines is 1. The Kier molecular flexibility index (Phi) is 7.74. The fourth-order valence-corrected chi connectivity index (χ4v) is 2.64. The lowest BCUT2D eigenvalue weighted by Crippen LogP contribution is -2.32. The second-order valence-corrected chi connectivity index (χ2v) is 6.10. The van der Waals surface area contributed by atoms with Crippen LogP contribution in [-0.4, -0.2) is 28.1 Å². The molecule has 2 rings (SSSR count). The molecule has 0 saturated carbocycles. The maximum absolute atomic E-state index is 9.04. The molecule has 0 aliphatic heterocycles. The maximum Gasteiger partial charge on any atom is 0.106 e. The van der Waals surface area contributed by atoms with E-state index < -0.39 is 0 Å². The summed E-state index contributed by atoms with van der Waals surface area (Å²) in [6.07, 6.45) is 8.80. The third-order valence-corrected chi connectivity index (χ3v) is 3.95. The van der Waals surface area contributed by atoms with Gasteiger partial charge in [-0.3, -0.25) is 0 Å². The lowest BCUT2D eigenvalue weighted by molar-refractivity contribution is 0.318. The molecule has 0 amide bonds. The minimum absolute atomic E-state index is 0.672. The van der Waals surface area contributed by atoms with Crippen LogP contribution in [0.1, 0.15) is 43.3 Å². The summed E-state index contributed by atoms with van der Waals surface area (Å²) >= 11 is 0. The van der Waals surface area contributed by atoms with Gasteiger partial charge in [0.2, 0.25) is 0 Å². The lowest BCUT2D eigenvalue weighted by atomic mass is 10.2. The van der Waals surface area contributed by atoms with E-state index in [4.69, 9.17) is 5.26 Å². The number of nitrogens with zero attached hydrogens (tertiary/aromatic N) is 3. The van der Waals surface area contributed by atoms with Crippen molar-refractivity contribution < 1.29 is 0 Å². The summed E-state index contributed by atoms with van der Waals surface area (Å²) in [4.78, 5) is 7.76. The first-order chi connectivity index (χ1) is 12.2. The van der Waals surface area contributed by atoms with Crippen molar-refractivity contribution in [1.82, 2.24) is 15.0 Å². The van der Waals surface area contributed by atoms with Gasteiger partial charge in [0.05, 0.1) is 17.3 Å². The molecule has 0 unspecified atom stereocenters. The molecule has 0 atom stereocenters. The predicted octanol–water partition coefficient (Wildman–Crippen LogP) is 4.07. The Morgan fingerprint density at radius 2 is 2.20 bits per heavy atom. The standard InChI is InChI=1S/C20H27N5/c1-3-5-12-25(24-18-10-6-9-17(14-18)15-21)13-7-11-20-22-16-19(23-20)8-4-2/h4,6,9-10,14,16,24H,2-3,5,7-8,11-13H2,1H3,(H,22,23). The molecule has 0 saturated heterocycles. The number of hydrogen-bond donors (Lipinski definition) is 2. The smallest absolute Gasteiger partial charge is 0.106 e. The summed E-state index contributed by atoms with van der Waals surface area (Å²) in [5.74, 6) is 1.03. The summed E-state index contributed by atoms with van der Waals surface area (Å²) in [7, 11) is 0. The topological polar surface area (TPSA) is 67.7 Å². The molecule has 25 heavy (non-hydrogen) atoms. The summed E-state index contributed by atoms with van der Waals surface area (Å²) in [6.45, 7) is 7.85. The van der Waals surface area contributed by atoms with E-state index in [1.807, 2.05) is 36.5 Å². The highest BCUT2D eigenvalue weighted by Crippen LogP contribution is 2.12. The molecule has 0 spiro atoms. The van der Waals surface area contributed by atoms with E-state index >= 15 is 0 Å². The molecule has 1 aromatic carbocycles. The molecule has 0 bridgehead atoms. The molecule has 5 heteroatoms. The number of hydrazine groups is 1. The van der Waals surface area contributed by atoms with Crippen LogP contribution >= 0.6 is 0 Å². The van der Waals surface area contributed by atoms with E-state index in [0.29, 0.717) is 5.56 Å². The van der Waals surface area contributed by atoms with Crippen molar-refractivity contribution >= 4 is 5.69 Å². The minimum atomic E-state index is 0.672. The Bertz CT molecular complexity index is 698. The molecular weight excluding hydrogens is 310 g/mol. The van der Waals surface area contributed by atoms with Crippen molar-refractivity contribution in [2.24, 2.45) is 0 Å². The minimum Gasteiger partial charge on any atom is -0.346 e. The quantitative estimate of drug-likeness (QED) is 0.479. The van der Waals surface area contributed by atoms with Gasteiger partial charge in [-0.2, -0.15) is 5.26 Å². The Morgan fingerprint density at radius 1 is 1.36 bits per heavy atom. The molecule has 5 nitrogen and oxygen atoms in total. The van der Waals surface area contributed by atoms with Crippen molar-refractivity contribution in [1.29, 1.82) is 5.26 Å². The number of rotatable bonds is 11. The van der Waals surface area contributed by atoms with Crippen LogP contribution in [-0.2, 0) is 12.8 Å². The first-order valence-corrected chi connectivity index (χ1v) is 8.90. The van der Waals surface area contributed by atoms with Crippen LogP contribution in [0.15, 0.2) is 43.1 Å². The number of aromatic amines is 1. The van der Waals surface area contributed by atoms with Crippen LogP contribution in [0.3, 0.4) is 0 Å². The zero-order valence-electron chi connectivity index (χ0n) is 15.0. The Morgan fingerprint density at radius 3 is 2.96 bits per heavy atom. The number of hydrogen-bond acceptors (Lipinski definition) is 4. The van der Waals surface area contributed by atoms with Gasteiger partial charge in [0.25, 0.3) is 0 Å². The van der Waals surface area contributed by atoms with Gasteiger partial charge in [-0.25, -0.2) is 9.99 Å². The van der Waals surface area contributed by atoms with Crippen molar-refractivity contribution in [3.8, 4) is 6.07 Å². The molecule has 2 N–H and O–H groups in total. The number of H-pyrrole nitrogens is 1. The number of aromatic nitrogens is 2. The molecule has 132 valence electrons. The normalized spacial score (nSPS) is 10.6. The Hall–Kier alpha value is -2.58. The number of benzene rings is 1. The zero-order valence-corrected chi connectivity index (χ0v) is 15.0. The van der Waals surface area contributed by atoms with E-state index in [9.17, 15) is 0 Å². The number of unbranched alkanes of at least 4 members (excludes halogenated alkanes) is 1. The van der Waals surface area contributed by atoms with Crippen LogP contribution in [0, 0.1) is 11.3 Å². The number of aryl methyl sites for hydroxylation is 1. The van der Waals surface area contributed by atoms with Gasteiger partial charge in [0.1, 0.15) is 5.82 Å². The molecule has 1 aromatic heterocycles. The zero-order chi connectivity index (χ0) is 17.9. The molecular formula is C20H27N5. The van der Waals surface area contributed by atoms with Crippen molar-refractivity contribution in [3.05, 3.63) is 60.2 Å². The SMILES string of the molecule is C=CCc1cnc(CCCN(CCCC)Nc2cccc(C#N)c2)[nH]1. The van der Waals surface area contributed by atoms with E-state index in [-0.39, 0.29) is 0 Å². The van der Waals surface area contributed by atoms with Crippen LogP contribution in [0.5, 0.6) is 0 Å². The van der Waals surface area contributed by atoms with Crippen LogP contribution < -0.4 is 5.43 Å². The molecule has 0 aliphatic rings. The highest BCUT2D eigenvalue weighted by molar-refractivity contribution is 5.48. The van der Waals surface area contributed by atoms with Gasteiger partial charge in [0.15, 0.2) is 0 Å². The number of nitrogens with one attached hydrogen (secondary N) is 2. The number of imidazole rings is 1. The average molecular weight is 337 g/mol. The third kappa shape index (κ3) is 6.44. The summed E-state index contributed by atoms with van der Waals surface area (Å²) in [6, 6.07) is 9.78. The Balaban J connectivity index is 1.87. The van der Waals surface area contributed by atoms with Gasteiger partial charge < -0.3 is 10.4 Å². The summed E-state index contributed by atoms with van der Waals surface area (Å²) < 4.78 is 0. The van der Waals surface area contributed by atoms with Crippen molar-refractivity contribution in [2.45, 2.75) is 39.0 Å². The Labute approximate surface area is 150 Å². The van der Waals surface area contributed by atoms with E-state index in [1.165, 1.54) is 0 Å². The largest absolute Gasteiger partial charge is 0.346 e. The molecule has 2 aromatic rings. The lowest BCUT2D eigenvalue weighted by Gasteiger charge is -2.24. The molecule has 0 aliphatic carbocycles. The molecule has 0 fully saturated rings. The first-order valence-electron chi connectivity index (χ1n) is 8.90. The second kappa shape index (κ2) is 10.3. The third-order valence-electron chi connectivity index (χ3n) is 3.95. The van der Waals surface area contributed by atoms with Gasteiger partial charge in [0, 0.05) is 37.8 Å². The highest BCUT2D eigenvalue weighted by atomic mass is 15.5. The van der Waals surface area contributed by atoms with Crippen molar-refractivity contribution in [2.75, 3.05) is 18.5 Å². The number of nitriles is 1. The van der Waals surface area contributed by atoms with Gasteiger partial charge in [-0.15, -0.1) is 6.58 Å². The monoisotopic (exact) mass is 337 g/mol. The van der Waals surface area contributed by atoms with Crippen molar-refractivity contribution in [3.63, 3.8) is 0 Å². The summed E-state index contributed by atoms with van der Waals surface area (Å²) in [5.41, 5.74) is 6.18. The van der Waals surface area contributed by atoms with Crippen LogP contribution in [0.4, 0.5) is 5.69 Å². The fraction of sp³-hybridized carbons (Fsp3) is 0.400.